The highest BCUT2D eigenvalue weighted by atomic mass is 32.2. The van der Waals surface area contributed by atoms with E-state index in [-0.39, 0.29) is 11.7 Å². The van der Waals surface area contributed by atoms with Crippen molar-refractivity contribution in [2.24, 2.45) is 0 Å². The molecule has 0 bridgehead atoms. The van der Waals surface area contributed by atoms with Crippen LogP contribution in [-0.4, -0.2) is 26.8 Å². The molecular weight excluding hydrogens is 392 g/mol. The van der Waals surface area contributed by atoms with Crippen LogP contribution in [0.3, 0.4) is 0 Å². The molecule has 0 spiro atoms. The van der Waals surface area contributed by atoms with Gasteiger partial charge >= 0.3 is 0 Å². The molecule has 0 radical (unpaired) electrons. The Morgan fingerprint density at radius 1 is 1.04 bits per heavy atom. The second-order valence-corrected chi connectivity index (χ2v) is 7.65. The normalized spacial score (nSPS) is 10.7. The van der Waals surface area contributed by atoms with E-state index >= 15 is 0 Å². The molecule has 2 heterocycles. The molecule has 6 nitrogen and oxygen atoms in total. The maximum Gasteiger partial charge on any atom is 0.277 e. The zero-order valence-corrected chi connectivity index (χ0v) is 16.4. The van der Waals surface area contributed by atoms with Gasteiger partial charge in [-0.3, -0.25) is 4.79 Å². The number of carbonyl (C=O) groups is 1. The predicted octanol–water partition coefficient (Wildman–Crippen LogP) is 4.51. The van der Waals surface area contributed by atoms with Gasteiger partial charge in [-0.15, -0.1) is 21.5 Å². The van der Waals surface area contributed by atoms with Gasteiger partial charge in [0.1, 0.15) is 0 Å². The van der Waals surface area contributed by atoms with Crippen molar-refractivity contribution in [1.82, 2.24) is 15.2 Å². The maximum absolute atomic E-state index is 12.2. The lowest BCUT2D eigenvalue weighted by molar-refractivity contribution is -0.113. The number of hydrogen-bond acceptors (Lipinski definition) is 7. The lowest BCUT2D eigenvalue weighted by Gasteiger charge is -1.99. The van der Waals surface area contributed by atoms with Gasteiger partial charge in [0, 0.05) is 10.9 Å². The molecule has 28 heavy (non-hydrogen) atoms. The van der Waals surface area contributed by atoms with Crippen molar-refractivity contribution in [3.63, 3.8) is 0 Å². The summed E-state index contributed by atoms with van der Waals surface area (Å²) in [7, 11) is 0. The number of nitrogens with zero attached hydrogens (tertiary/aromatic N) is 3. The minimum atomic E-state index is -0.165. The van der Waals surface area contributed by atoms with Crippen molar-refractivity contribution in [2.45, 2.75) is 11.6 Å². The number of rotatable bonds is 7. The Morgan fingerprint density at radius 3 is 2.57 bits per heavy atom. The highest BCUT2D eigenvalue weighted by molar-refractivity contribution is 7.99. The molecule has 0 aliphatic carbocycles. The quantitative estimate of drug-likeness (QED) is 0.453. The first-order chi connectivity index (χ1) is 13.8. The van der Waals surface area contributed by atoms with E-state index in [0.29, 0.717) is 22.7 Å². The summed E-state index contributed by atoms with van der Waals surface area (Å²) in [4.78, 5) is 16.6. The van der Waals surface area contributed by atoms with E-state index < -0.39 is 0 Å². The second kappa shape index (κ2) is 8.81. The lowest BCUT2D eigenvalue weighted by Crippen LogP contribution is -2.13. The smallest absolute Gasteiger partial charge is 0.277 e. The predicted molar refractivity (Wildman–Crippen MR) is 110 cm³/mol. The summed E-state index contributed by atoms with van der Waals surface area (Å²) in [6, 6.07) is 19.7. The van der Waals surface area contributed by atoms with E-state index in [1.807, 2.05) is 66.0 Å². The van der Waals surface area contributed by atoms with Crippen LogP contribution in [0.4, 0.5) is 5.13 Å². The maximum atomic E-state index is 12.2. The molecule has 0 fully saturated rings. The van der Waals surface area contributed by atoms with Gasteiger partial charge in [0.25, 0.3) is 5.22 Å². The molecule has 1 amide bonds. The Kier molecular flexibility index (Phi) is 5.79. The van der Waals surface area contributed by atoms with E-state index in [4.69, 9.17) is 4.42 Å². The fourth-order valence-electron chi connectivity index (χ4n) is 2.49. The molecule has 1 N–H and O–H groups in total. The third-order valence-corrected chi connectivity index (χ3v) is 5.37. The van der Waals surface area contributed by atoms with Gasteiger partial charge in [0.15, 0.2) is 5.13 Å². The van der Waals surface area contributed by atoms with Crippen LogP contribution in [0.15, 0.2) is 75.7 Å². The van der Waals surface area contributed by atoms with Gasteiger partial charge in [-0.2, -0.15) is 0 Å². The highest BCUT2D eigenvalue weighted by Gasteiger charge is 2.12. The molecule has 140 valence electrons. The average molecular weight is 409 g/mol. The SMILES string of the molecule is O=C(CSc1nnc(Cc2ccccc2)o1)Nc1nc(-c2ccccc2)cs1. The average Bonchev–Trinajstić information content (AvgIpc) is 3.37. The number of amides is 1. The van der Waals surface area contributed by atoms with Crippen molar-refractivity contribution < 1.29 is 9.21 Å². The third kappa shape index (κ3) is 4.85. The molecule has 0 saturated heterocycles. The molecule has 8 heteroatoms. The van der Waals surface area contributed by atoms with Crippen molar-refractivity contribution in [2.75, 3.05) is 11.1 Å². The fourth-order valence-corrected chi connectivity index (χ4v) is 3.81. The molecule has 0 unspecified atom stereocenters. The molecule has 0 atom stereocenters. The Hall–Kier alpha value is -2.97. The number of hydrogen-bond donors (Lipinski definition) is 1. The minimum Gasteiger partial charge on any atom is -0.416 e. The summed E-state index contributed by atoms with van der Waals surface area (Å²) in [6.45, 7) is 0. The van der Waals surface area contributed by atoms with Crippen molar-refractivity contribution in [3.05, 3.63) is 77.5 Å². The Morgan fingerprint density at radius 2 is 1.79 bits per heavy atom. The van der Waals surface area contributed by atoms with Crippen molar-refractivity contribution in [3.8, 4) is 11.3 Å². The first kappa shape index (κ1) is 18.4. The van der Waals surface area contributed by atoms with Gasteiger partial charge in [0.2, 0.25) is 11.8 Å². The topological polar surface area (TPSA) is 80.9 Å². The first-order valence-electron chi connectivity index (χ1n) is 8.56. The zero-order chi connectivity index (χ0) is 19.2. The molecule has 4 aromatic rings. The van der Waals surface area contributed by atoms with Crippen molar-refractivity contribution in [1.29, 1.82) is 0 Å². The number of anilines is 1. The van der Waals surface area contributed by atoms with Gasteiger partial charge in [0.05, 0.1) is 17.9 Å². The van der Waals surface area contributed by atoms with Gasteiger partial charge in [-0.1, -0.05) is 72.4 Å². The Labute approximate surface area is 170 Å². The molecule has 4 rings (SSSR count). The number of carbonyl (C=O) groups excluding carboxylic acids is 1. The zero-order valence-electron chi connectivity index (χ0n) is 14.7. The monoisotopic (exact) mass is 408 g/mol. The molecule has 0 aliphatic heterocycles. The molecule has 0 saturated carbocycles. The van der Waals surface area contributed by atoms with Crippen LogP contribution in [0.5, 0.6) is 0 Å². The van der Waals surface area contributed by atoms with Crippen LogP contribution in [0.2, 0.25) is 0 Å². The van der Waals surface area contributed by atoms with Crippen LogP contribution >= 0.6 is 23.1 Å². The minimum absolute atomic E-state index is 0.165. The van der Waals surface area contributed by atoms with Gasteiger partial charge in [-0.05, 0) is 5.56 Å². The number of benzene rings is 2. The van der Waals surface area contributed by atoms with Crippen LogP contribution < -0.4 is 5.32 Å². The molecular formula is C20H16N4O2S2. The van der Waals surface area contributed by atoms with E-state index in [0.717, 1.165) is 16.8 Å². The molecule has 2 aromatic carbocycles. The van der Waals surface area contributed by atoms with E-state index in [1.54, 1.807) is 0 Å². The van der Waals surface area contributed by atoms with Gasteiger partial charge in [-0.25, -0.2) is 4.98 Å². The number of nitrogens with one attached hydrogen (secondary N) is 1. The largest absolute Gasteiger partial charge is 0.416 e. The molecule has 2 aromatic heterocycles. The summed E-state index contributed by atoms with van der Waals surface area (Å²) in [5.74, 6) is 0.538. The summed E-state index contributed by atoms with van der Waals surface area (Å²) >= 11 is 2.60. The van der Waals surface area contributed by atoms with Gasteiger partial charge < -0.3 is 9.73 Å². The van der Waals surface area contributed by atoms with E-state index in [9.17, 15) is 4.79 Å². The van der Waals surface area contributed by atoms with Crippen LogP contribution in [0.25, 0.3) is 11.3 Å². The lowest BCUT2D eigenvalue weighted by atomic mass is 10.2. The summed E-state index contributed by atoms with van der Waals surface area (Å²) < 4.78 is 5.60. The van der Waals surface area contributed by atoms with Crippen LogP contribution in [0, 0.1) is 0 Å². The van der Waals surface area contributed by atoms with E-state index in [2.05, 4.69) is 20.5 Å². The second-order valence-electron chi connectivity index (χ2n) is 5.86. The fraction of sp³-hybridized carbons (Fsp3) is 0.100. The standard InChI is InChI=1S/C20H16N4O2S2/c25-17(22-19-21-16(12-27-19)15-9-5-2-6-10-15)13-28-20-24-23-18(26-20)11-14-7-3-1-4-8-14/h1-10,12H,11,13H2,(H,21,22,25). The van der Waals surface area contributed by atoms with Crippen LogP contribution in [-0.2, 0) is 11.2 Å². The molecule has 0 aliphatic rings. The number of thioether (sulfide) groups is 1. The summed E-state index contributed by atoms with van der Waals surface area (Å²) in [6.07, 6.45) is 0.571. The van der Waals surface area contributed by atoms with E-state index in [1.165, 1.54) is 23.1 Å². The third-order valence-electron chi connectivity index (χ3n) is 3.79. The highest BCUT2D eigenvalue weighted by Crippen LogP contribution is 2.25. The Balaban J connectivity index is 1.29. The summed E-state index contributed by atoms with van der Waals surface area (Å²) in [5, 5.41) is 13.7. The Bertz CT molecular complexity index is 1050. The number of aromatic nitrogens is 3. The first-order valence-corrected chi connectivity index (χ1v) is 10.4. The summed E-state index contributed by atoms with van der Waals surface area (Å²) in [5.41, 5.74) is 2.96. The number of thiazole rings is 1. The van der Waals surface area contributed by atoms with Crippen LogP contribution in [0.1, 0.15) is 11.5 Å². The van der Waals surface area contributed by atoms with Crippen molar-refractivity contribution >= 4 is 34.1 Å².